The Morgan fingerprint density at radius 1 is 1.33 bits per heavy atom. The first-order valence-electron chi connectivity index (χ1n) is 6.29. The van der Waals surface area contributed by atoms with Crippen LogP contribution in [0, 0.1) is 6.92 Å². The summed E-state index contributed by atoms with van der Waals surface area (Å²) in [6.07, 6.45) is 0. The molecule has 106 valence electrons. The second-order valence-electron chi connectivity index (χ2n) is 4.51. The Morgan fingerprint density at radius 3 is 2.86 bits per heavy atom. The zero-order chi connectivity index (χ0) is 14.8. The second kappa shape index (κ2) is 5.20. The molecule has 0 bridgehead atoms. The zero-order valence-corrected chi connectivity index (χ0v) is 11.2. The number of nitrogens with one attached hydrogen (secondary N) is 1. The van der Waals surface area contributed by atoms with Crippen molar-refractivity contribution in [2.24, 2.45) is 0 Å². The highest BCUT2D eigenvalue weighted by Crippen LogP contribution is 2.20. The van der Waals surface area contributed by atoms with E-state index in [0.717, 1.165) is 11.1 Å². The summed E-state index contributed by atoms with van der Waals surface area (Å²) < 4.78 is 5.10. The van der Waals surface area contributed by atoms with Crippen LogP contribution in [0.3, 0.4) is 0 Å². The van der Waals surface area contributed by atoms with Gasteiger partial charge in [-0.25, -0.2) is 14.8 Å². The highest BCUT2D eigenvalue weighted by molar-refractivity contribution is 5.93. The van der Waals surface area contributed by atoms with E-state index in [4.69, 9.17) is 9.63 Å². The first-order chi connectivity index (χ1) is 10.1. The molecule has 0 aliphatic heterocycles. The summed E-state index contributed by atoms with van der Waals surface area (Å²) >= 11 is 0. The maximum atomic E-state index is 11.1. The van der Waals surface area contributed by atoms with Crippen molar-refractivity contribution in [2.75, 3.05) is 5.32 Å². The summed E-state index contributed by atoms with van der Waals surface area (Å²) in [5, 5.41) is 16.7. The fraction of sp³-hybridized carbons (Fsp3) is 0.143. The SMILES string of the molecule is Cc1cc(CNc2nc(C(=O)O)nc3ccccc23)on1. The molecule has 0 spiro atoms. The van der Waals surface area contributed by atoms with E-state index in [1.54, 1.807) is 18.2 Å². The number of carboxylic acids is 1. The van der Waals surface area contributed by atoms with Gasteiger partial charge in [0.25, 0.3) is 0 Å². The lowest BCUT2D eigenvalue weighted by Crippen LogP contribution is -2.09. The second-order valence-corrected chi connectivity index (χ2v) is 4.51. The van der Waals surface area contributed by atoms with Crippen LogP contribution in [0.1, 0.15) is 22.1 Å². The number of carbonyl (C=O) groups is 1. The lowest BCUT2D eigenvalue weighted by Gasteiger charge is -2.08. The molecule has 0 radical (unpaired) electrons. The van der Waals surface area contributed by atoms with Gasteiger partial charge in [-0.3, -0.25) is 0 Å². The third kappa shape index (κ3) is 2.66. The predicted octanol–water partition coefficient (Wildman–Crippen LogP) is 2.24. The number of nitrogens with zero attached hydrogens (tertiary/aromatic N) is 3. The van der Waals surface area contributed by atoms with Gasteiger partial charge in [0.2, 0.25) is 5.82 Å². The summed E-state index contributed by atoms with van der Waals surface area (Å²) in [6.45, 7) is 2.19. The van der Waals surface area contributed by atoms with Gasteiger partial charge in [-0.15, -0.1) is 0 Å². The van der Waals surface area contributed by atoms with Crippen LogP contribution in [0.4, 0.5) is 5.82 Å². The summed E-state index contributed by atoms with van der Waals surface area (Å²) in [7, 11) is 0. The lowest BCUT2D eigenvalue weighted by atomic mass is 10.2. The molecular formula is C14H12N4O3. The van der Waals surface area contributed by atoms with Gasteiger partial charge in [0.1, 0.15) is 5.82 Å². The number of hydrogen-bond acceptors (Lipinski definition) is 6. The number of para-hydroxylation sites is 1. The van der Waals surface area contributed by atoms with Crippen molar-refractivity contribution < 1.29 is 14.4 Å². The molecule has 2 N–H and O–H groups in total. The topological polar surface area (TPSA) is 101 Å². The molecule has 3 aromatic rings. The molecule has 0 aliphatic carbocycles. The van der Waals surface area contributed by atoms with Gasteiger partial charge in [0.05, 0.1) is 17.8 Å². The zero-order valence-electron chi connectivity index (χ0n) is 11.2. The Kier molecular flexibility index (Phi) is 3.23. The summed E-state index contributed by atoms with van der Waals surface area (Å²) in [5.74, 6) is -0.316. The van der Waals surface area contributed by atoms with Crippen LogP contribution in [-0.2, 0) is 6.54 Å². The van der Waals surface area contributed by atoms with Gasteiger partial charge in [-0.2, -0.15) is 0 Å². The number of rotatable bonds is 4. The first-order valence-corrected chi connectivity index (χ1v) is 6.29. The van der Waals surface area contributed by atoms with Crippen molar-refractivity contribution in [1.29, 1.82) is 0 Å². The molecule has 7 nitrogen and oxygen atoms in total. The quantitative estimate of drug-likeness (QED) is 0.757. The Morgan fingerprint density at radius 2 is 2.14 bits per heavy atom. The van der Waals surface area contributed by atoms with Crippen LogP contribution in [-0.4, -0.2) is 26.2 Å². The molecule has 0 saturated carbocycles. The third-order valence-electron chi connectivity index (χ3n) is 2.90. The normalized spacial score (nSPS) is 10.7. The van der Waals surface area contributed by atoms with Gasteiger partial charge in [0.15, 0.2) is 5.76 Å². The van der Waals surface area contributed by atoms with Crippen molar-refractivity contribution >= 4 is 22.7 Å². The number of carboxylic acid groups (broad SMARTS) is 1. The van der Waals surface area contributed by atoms with Crippen LogP contribution in [0.2, 0.25) is 0 Å². The average molecular weight is 284 g/mol. The Balaban J connectivity index is 1.97. The number of aromatic carboxylic acids is 1. The fourth-order valence-corrected chi connectivity index (χ4v) is 1.98. The van der Waals surface area contributed by atoms with Crippen LogP contribution < -0.4 is 5.32 Å². The van der Waals surface area contributed by atoms with E-state index in [0.29, 0.717) is 23.6 Å². The maximum absolute atomic E-state index is 11.1. The molecule has 2 aromatic heterocycles. The van der Waals surface area contributed by atoms with Crippen LogP contribution in [0.25, 0.3) is 10.9 Å². The minimum Gasteiger partial charge on any atom is -0.475 e. The maximum Gasteiger partial charge on any atom is 0.374 e. The van der Waals surface area contributed by atoms with Gasteiger partial charge < -0.3 is 14.9 Å². The first kappa shape index (κ1) is 13.0. The largest absolute Gasteiger partial charge is 0.475 e. The van der Waals surface area contributed by atoms with Gasteiger partial charge in [-0.05, 0) is 19.1 Å². The number of fused-ring (bicyclic) bond motifs is 1. The number of anilines is 1. The van der Waals surface area contributed by atoms with Gasteiger partial charge >= 0.3 is 5.97 Å². The van der Waals surface area contributed by atoms with E-state index in [1.165, 1.54) is 0 Å². The van der Waals surface area contributed by atoms with Crippen molar-refractivity contribution in [3.05, 3.63) is 47.6 Å². The van der Waals surface area contributed by atoms with E-state index < -0.39 is 5.97 Å². The molecule has 2 heterocycles. The minimum atomic E-state index is -1.17. The molecule has 0 fully saturated rings. The number of hydrogen-bond donors (Lipinski definition) is 2. The minimum absolute atomic E-state index is 0.245. The van der Waals surface area contributed by atoms with Crippen LogP contribution in [0.15, 0.2) is 34.9 Å². The van der Waals surface area contributed by atoms with Gasteiger partial charge in [0, 0.05) is 11.5 Å². The summed E-state index contributed by atoms with van der Waals surface area (Å²) in [5.41, 5.74) is 1.35. The van der Waals surface area contributed by atoms with Crippen molar-refractivity contribution in [3.8, 4) is 0 Å². The number of benzene rings is 1. The summed E-state index contributed by atoms with van der Waals surface area (Å²) in [4.78, 5) is 19.1. The van der Waals surface area contributed by atoms with Crippen LogP contribution in [0.5, 0.6) is 0 Å². The molecule has 0 unspecified atom stereocenters. The Labute approximate surface area is 119 Å². The van der Waals surface area contributed by atoms with Crippen LogP contribution >= 0.6 is 0 Å². The monoisotopic (exact) mass is 284 g/mol. The van der Waals surface area contributed by atoms with Crippen molar-refractivity contribution in [3.63, 3.8) is 0 Å². The molecule has 0 amide bonds. The highest BCUT2D eigenvalue weighted by Gasteiger charge is 2.12. The average Bonchev–Trinajstić information content (AvgIpc) is 2.90. The fourth-order valence-electron chi connectivity index (χ4n) is 1.98. The standard InChI is InChI=1S/C14H12N4O3/c1-8-6-9(21-18-8)7-15-12-10-4-2-3-5-11(10)16-13(17-12)14(19)20/h2-6H,7H2,1H3,(H,19,20)(H,15,16,17). The molecule has 21 heavy (non-hydrogen) atoms. The predicted molar refractivity (Wildman–Crippen MR) is 75.1 cm³/mol. The Bertz CT molecular complexity index is 813. The smallest absolute Gasteiger partial charge is 0.374 e. The number of aryl methyl sites for hydroxylation is 1. The third-order valence-corrected chi connectivity index (χ3v) is 2.90. The van der Waals surface area contributed by atoms with E-state index in [1.807, 2.05) is 19.1 Å². The molecule has 0 aliphatic rings. The van der Waals surface area contributed by atoms with E-state index in [9.17, 15) is 4.79 Å². The van der Waals surface area contributed by atoms with Crippen molar-refractivity contribution in [2.45, 2.75) is 13.5 Å². The Hall–Kier alpha value is -2.96. The number of aromatic nitrogens is 3. The van der Waals surface area contributed by atoms with E-state index >= 15 is 0 Å². The molecule has 3 rings (SSSR count). The lowest BCUT2D eigenvalue weighted by molar-refractivity contribution is 0.0684. The molecule has 7 heteroatoms. The van der Waals surface area contributed by atoms with Crippen molar-refractivity contribution in [1.82, 2.24) is 15.1 Å². The highest BCUT2D eigenvalue weighted by atomic mass is 16.5. The van der Waals surface area contributed by atoms with E-state index in [2.05, 4.69) is 20.4 Å². The summed E-state index contributed by atoms with van der Waals surface area (Å²) in [6, 6.07) is 9.01. The molecule has 0 saturated heterocycles. The van der Waals surface area contributed by atoms with E-state index in [-0.39, 0.29) is 5.82 Å². The molecular weight excluding hydrogens is 272 g/mol. The molecule has 0 atom stereocenters. The van der Waals surface area contributed by atoms with Gasteiger partial charge in [-0.1, -0.05) is 17.3 Å². The molecule has 1 aromatic carbocycles.